The molecule has 7 heteroatoms. The molecule has 1 aliphatic rings. The topological polar surface area (TPSA) is 75.7 Å². The quantitative estimate of drug-likeness (QED) is 0.785. The van der Waals surface area contributed by atoms with E-state index in [1.54, 1.807) is 0 Å². The van der Waals surface area contributed by atoms with E-state index in [0.717, 1.165) is 25.1 Å². The number of nitrogens with one attached hydrogen (secondary N) is 1. The Morgan fingerprint density at radius 2 is 2.10 bits per heavy atom. The van der Waals surface area contributed by atoms with E-state index in [4.69, 9.17) is 0 Å². The van der Waals surface area contributed by atoms with Crippen molar-refractivity contribution in [3.63, 3.8) is 0 Å². The van der Waals surface area contributed by atoms with Crippen molar-refractivity contribution in [2.24, 2.45) is 0 Å². The highest BCUT2D eigenvalue weighted by Crippen LogP contribution is 2.24. The normalized spacial score (nSPS) is 18.7. The molecule has 0 radical (unpaired) electrons. The van der Waals surface area contributed by atoms with Gasteiger partial charge in [0.2, 0.25) is 10.0 Å². The standard InChI is InChI=1S/C14H20N2O4S/c1-20-14(17)11-21(18,19)15-10-13-8-5-9-16(13)12-6-3-2-4-7-12/h2-4,6-7,13,15H,5,8-11H2,1H3. The molecule has 1 aliphatic heterocycles. The van der Waals surface area contributed by atoms with Crippen molar-refractivity contribution in [1.29, 1.82) is 0 Å². The third-order valence-corrected chi connectivity index (χ3v) is 4.76. The molecular formula is C14H20N2O4S. The SMILES string of the molecule is COC(=O)CS(=O)(=O)NCC1CCCN1c1ccccc1. The Morgan fingerprint density at radius 3 is 2.76 bits per heavy atom. The second-order valence-corrected chi connectivity index (χ2v) is 6.82. The van der Waals surface area contributed by atoms with Gasteiger partial charge in [-0.2, -0.15) is 0 Å². The summed E-state index contributed by atoms with van der Waals surface area (Å²) in [5, 5.41) is 0. The first-order valence-electron chi connectivity index (χ1n) is 6.87. The molecule has 0 saturated carbocycles. The summed E-state index contributed by atoms with van der Waals surface area (Å²) in [6.07, 6.45) is 1.95. The summed E-state index contributed by atoms with van der Waals surface area (Å²) in [5.41, 5.74) is 1.09. The molecule has 1 fully saturated rings. The Labute approximate surface area is 125 Å². The number of carbonyl (C=O) groups is 1. The van der Waals surface area contributed by atoms with Gasteiger partial charge in [0.05, 0.1) is 7.11 Å². The minimum Gasteiger partial charge on any atom is -0.468 e. The van der Waals surface area contributed by atoms with Crippen molar-refractivity contribution in [3.05, 3.63) is 30.3 Å². The van der Waals surface area contributed by atoms with Gasteiger partial charge in [0.1, 0.15) is 0 Å². The summed E-state index contributed by atoms with van der Waals surface area (Å²) in [7, 11) is -2.46. The van der Waals surface area contributed by atoms with Crippen LogP contribution in [-0.2, 0) is 19.6 Å². The predicted octanol–water partition coefficient (Wildman–Crippen LogP) is 0.748. The zero-order valence-electron chi connectivity index (χ0n) is 12.0. The van der Waals surface area contributed by atoms with Crippen LogP contribution < -0.4 is 9.62 Å². The number of para-hydroxylation sites is 1. The third-order valence-electron chi connectivity index (χ3n) is 3.54. The van der Waals surface area contributed by atoms with Crippen LogP contribution in [0.25, 0.3) is 0 Å². The van der Waals surface area contributed by atoms with Crippen LogP contribution in [0.2, 0.25) is 0 Å². The molecule has 0 amide bonds. The zero-order chi connectivity index (χ0) is 15.3. The highest BCUT2D eigenvalue weighted by Gasteiger charge is 2.26. The number of carbonyl (C=O) groups excluding carboxylic acids is 1. The fourth-order valence-corrected chi connectivity index (χ4v) is 3.47. The lowest BCUT2D eigenvalue weighted by molar-refractivity contribution is -0.137. The molecule has 1 aromatic rings. The van der Waals surface area contributed by atoms with Gasteiger partial charge in [-0.3, -0.25) is 4.79 Å². The lowest BCUT2D eigenvalue weighted by Gasteiger charge is -2.26. The molecule has 1 N–H and O–H groups in total. The van der Waals surface area contributed by atoms with E-state index in [2.05, 4.69) is 14.4 Å². The Hall–Kier alpha value is -1.60. The maximum Gasteiger partial charge on any atom is 0.322 e. The first-order chi connectivity index (χ1) is 10.0. The number of ether oxygens (including phenoxy) is 1. The number of rotatable bonds is 6. The summed E-state index contributed by atoms with van der Waals surface area (Å²) in [5.74, 6) is -1.39. The maximum atomic E-state index is 11.8. The van der Waals surface area contributed by atoms with E-state index < -0.39 is 21.7 Å². The lowest BCUT2D eigenvalue weighted by Crippen LogP contribution is -2.41. The van der Waals surface area contributed by atoms with Gasteiger partial charge < -0.3 is 9.64 Å². The number of hydrogen-bond donors (Lipinski definition) is 1. The fourth-order valence-electron chi connectivity index (χ4n) is 2.50. The van der Waals surface area contributed by atoms with Crippen LogP contribution in [0.5, 0.6) is 0 Å². The van der Waals surface area contributed by atoms with Crippen molar-refractivity contribution in [2.45, 2.75) is 18.9 Å². The Kier molecular flexibility index (Phi) is 5.19. The summed E-state index contributed by atoms with van der Waals surface area (Å²) in [4.78, 5) is 13.3. The second kappa shape index (κ2) is 6.91. The number of sulfonamides is 1. The Morgan fingerprint density at radius 1 is 1.38 bits per heavy atom. The van der Waals surface area contributed by atoms with E-state index in [1.165, 1.54) is 7.11 Å². The summed E-state index contributed by atoms with van der Waals surface area (Å²) < 4.78 is 30.4. The monoisotopic (exact) mass is 312 g/mol. The minimum atomic E-state index is -3.64. The highest BCUT2D eigenvalue weighted by atomic mass is 32.2. The highest BCUT2D eigenvalue weighted by molar-refractivity contribution is 7.90. The number of methoxy groups -OCH3 is 1. The Balaban J connectivity index is 1.95. The first-order valence-corrected chi connectivity index (χ1v) is 8.53. The molecule has 1 aromatic carbocycles. The van der Waals surface area contributed by atoms with Crippen LogP contribution in [0.1, 0.15) is 12.8 Å². The number of hydrogen-bond acceptors (Lipinski definition) is 5. The molecule has 116 valence electrons. The van der Waals surface area contributed by atoms with Crippen molar-refractivity contribution >= 4 is 21.7 Å². The number of benzene rings is 1. The molecule has 21 heavy (non-hydrogen) atoms. The molecule has 1 unspecified atom stereocenters. The average Bonchev–Trinajstić information content (AvgIpc) is 2.94. The molecular weight excluding hydrogens is 292 g/mol. The van der Waals surface area contributed by atoms with Gasteiger partial charge in [-0.05, 0) is 25.0 Å². The number of anilines is 1. The number of nitrogens with zero attached hydrogens (tertiary/aromatic N) is 1. The lowest BCUT2D eigenvalue weighted by atomic mass is 10.2. The molecule has 0 aliphatic carbocycles. The van der Waals surface area contributed by atoms with E-state index in [1.807, 2.05) is 30.3 Å². The molecule has 1 saturated heterocycles. The van der Waals surface area contributed by atoms with Gasteiger partial charge in [0.15, 0.2) is 5.75 Å². The van der Waals surface area contributed by atoms with E-state index in [0.29, 0.717) is 6.54 Å². The van der Waals surface area contributed by atoms with Crippen LogP contribution in [0.4, 0.5) is 5.69 Å². The molecule has 0 aromatic heterocycles. The summed E-state index contributed by atoms with van der Waals surface area (Å²) >= 11 is 0. The van der Waals surface area contributed by atoms with Gasteiger partial charge in [0.25, 0.3) is 0 Å². The van der Waals surface area contributed by atoms with Gasteiger partial charge in [-0.25, -0.2) is 13.1 Å². The molecule has 1 heterocycles. The van der Waals surface area contributed by atoms with Crippen LogP contribution >= 0.6 is 0 Å². The van der Waals surface area contributed by atoms with Gasteiger partial charge in [0, 0.05) is 24.8 Å². The predicted molar refractivity (Wildman–Crippen MR) is 80.6 cm³/mol. The van der Waals surface area contributed by atoms with Gasteiger partial charge >= 0.3 is 5.97 Å². The molecule has 0 spiro atoms. The summed E-state index contributed by atoms with van der Waals surface area (Å²) in [6.45, 7) is 1.21. The molecule has 0 bridgehead atoms. The van der Waals surface area contributed by atoms with Gasteiger partial charge in [-0.1, -0.05) is 18.2 Å². The molecule has 1 atom stereocenters. The first kappa shape index (κ1) is 15.8. The van der Waals surface area contributed by atoms with E-state index in [-0.39, 0.29) is 6.04 Å². The smallest absolute Gasteiger partial charge is 0.322 e. The van der Waals surface area contributed by atoms with Crippen molar-refractivity contribution < 1.29 is 17.9 Å². The fraction of sp³-hybridized carbons (Fsp3) is 0.500. The van der Waals surface area contributed by atoms with Crippen LogP contribution in [0.15, 0.2) is 30.3 Å². The van der Waals surface area contributed by atoms with Crippen LogP contribution in [0.3, 0.4) is 0 Å². The van der Waals surface area contributed by atoms with E-state index in [9.17, 15) is 13.2 Å². The second-order valence-electron chi connectivity index (χ2n) is 5.01. The van der Waals surface area contributed by atoms with Crippen molar-refractivity contribution in [2.75, 3.05) is 30.9 Å². The van der Waals surface area contributed by atoms with Gasteiger partial charge in [-0.15, -0.1) is 0 Å². The van der Waals surface area contributed by atoms with Crippen molar-refractivity contribution in [3.8, 4) is 0 Å². The zero-order valence-corrected chi connectivity index (χ0v) is 12.8. The summed E-state index contributed by atoms with van der Waals surface area (Å²) in [6, 6.07) is 10.0. The maximum absolute atomic E-state index is 11.8. The molecule has 6 nitrogen and oxygen atoms in total. The number of esters is 1. The average molecular weight is 312 g/mol. The van der Waals surface area contributed by atoms with E-state index >= 15 is 0 Å². The molecule has 2 rings (SSSR count). The Bertz CT molecular complexity index is 574. The minimum absolute atomic E-state index is 0.111. The van der Waals surface area contributed by atoms with Crippen molar-refractivity contribution in [1.82, 2.24) is 4.72 Å². The third kappa shape index (κ3) is 4.44. The van der Waals surface area contributed by atoms with Crippen LogP contribution in [0, 0.1) is 0 Å². The largest absolute Gasteiger partial charge is 0.468 e. The van der Waals surface area contributed by atoms with Crippen LogP contribution in [-0.4, -0.2) is 46.4 Å².